The minimum absolute atomic E-state index is 0.789. The number of aromatic nitrogens is 2. The first kappa shape index (κ1) is 31.7. The third-order valence-corrected chi connectivity index (χ3v) is 10.7. The van der Waals surface area contributed by atoms with Crippen molar-refractivity contribution >= 4 is 43.6 Å². The van der Waals surface area contributed by atoms with Gasteiger partial charge < -0.3 is 18.6 Å². The molecule has 2 heterocycles. The summed E-state index contributed by atoms with van der Waals surface area (Å²) in [5.74, 6) is 1.58. The van der Waals surface area contributed by atoms with Crippen molar-refractivity contribution in [3.05, 3.63) is 182 Å². The van der Waals surface area contributed by atoms with Crippen LogP contribution >= 0.6 is 0 Å². The van der Waals surface area contributed by atoms with Crippen LogP contribution in [0.15, 0.2) is 182 Å². The Labute approximate surface area is 313 Å². The number of rotatable bonds is 7. The van der Waals surface area contributed by atoms with Crippen LogP contribution in [0.4, 0.5) is 0 Å². The van der Waals surface area contributed by atoms with E-state index in [0.29, 0.717) is 0 Å². The van der Waals surface area contributed by atoms with Crippen LogP contribution in [0.2, 0.25) is 0 Å². The number of para-hydroxylation sites is 4. The van der Waals surface area contributed by atoms with E-state index >= 15 is 0 Å². The fourth-order valence-electron chi connectivity index (χ4n) is 8.21. The van der Waals surface area contributed by atoms with Gasteiger partial charge in [0.2, 0.25) is 0 Å². The summed E-state index contributed by atoms with van der Waals surface area (Å²) < 4.78 is 16.7. The minimum atomic E-state index is 0.789. The minimum Gasteiger partial charge on any atom is -0.496 e. The zero-order valence-corrected chi connectivity index (χ0v) is 30.0. The smallest absolute Gasteiger partial charge is 0.126 e. The first-order chi connectivity index (χ1) is 26.7. The van der Waals surface area contributed by atoms with Crippen LogP contribution < -0.4 is 9.47 Å². The molecule has 0 aliphatic heterocycles. The first-order valence-corrected chi connectivity index (χ1v) is 18.2. The van der Waals surface area contributed by atoms with Crippen molar-refractivity contribution in [1.82, 2.24) is 9.13 Å². The third-order valence-electron chi connectivity index (χ3n) is 10.7. The number of nitrogens with zero attached hydrogens (tertiary/aromatic N) is 2. The molecule has 0 N–H and O–H groups in total. The maximum Gasteiger partial charge on any atom is 0.126 e. The van der Waals surface area contributed by atoms with Crippen molar-refractivity contribution in [2.45, 2.75) is 0 Å². The van der Waals surface area contributed by atoms with Gasteiger partial charge in [-0.15, -0.1) is 0 Å². The van der Waals surface area contributed by atoms with Crippen LogP contribution in [-0.2, 0) is 0 Å². The van der Waals surface area contributed by atoms with Gasteiger partial charge in [-0.25, -0.2) is 0 Å². The van der Waals surface area contributed by atoms with Gasteiger partial charge in [-0.05, 0) is 107 Å². The van der Waals surface area contributed by atoms with E-state index in [1.165, 1.54) is 43.6 Å². The molecule has 0 fully saturated rings. The van der Waals surface area contributed by atoms with Gasteiger partial charge in [0, 0.05) is 44.0 Å². The standard InChI is InChI=1S/C50H36N2O2/c1-53-49-27-23-35(33-21-25-47-41(29-33)39-17-9-11-19-45(39)51(47)37-13-5-3-6-14-37)31-43(49)44-32-36(24-28-50(44)54-2)34-22-26-48-42(30-34)40-18-10-12-20-46(40)52(48)38-15-7-4-8-16-38/h3-32H,1-2H3. The Morgan fingerprint density at radius 1 is 0.315 bits per heavy atom. The number of methoxy groups -OCH3 is 2. The highest BCUT2D eigenvalue weighted by Crippen LogP contribution is 2.43. The Hall–Kier alpha value is -7.04. The molecule has 4 heteroatoms. The second-order valence-corrected chi connectivity index (χ2v) is 13.7. The van der Waals surface area contributed by atoms with Gasteiger partial charge in [-0.3, -0.25) is 0 Å². The van der Waals surface area contributed by atoms with E-state index < -0.39 is 0 Å². The molecule has 10 rings (SSSR count). The van der Waals surface area contributed by atoms with Gasteiger partial charge in [0.15, 0.2) is 0 Å². The first-order valence-electron chi connectivity index (χ1n) is 18.2. The molecule has 4 nitrogen and oxygen atoms in total. The van der Waals surface area contributed by atoms with Crippen LogP contribution in [-0.4, -0.2) is 23.4 Å². The number of hydrogen-bond donors (Lipinski definition) is 0. The molecule has 2 aromatic heterocycles. The van der Waals surface area contributed by atoms with E-state index in [0.717, 1.165) is 56.3 Å². The largest absolute Gasteiger partial charge is 0.496 e. The van der Waals surface area contributed by atoms with Crippen molar-refractivity contribution in [2.75, 3.05) is 14.2 Å². The van der Waals surface area contributed by atoms with Gasteiger partial charge in [0.25, 0.3) is 0 Å². The van der Waals surface area contributed by atoms with Crippen molar-refractivity contribution in [3.8, 4) is 56.3 Å². The zero-order chi connectivity index (χ0) is 36.2. The normalized spacial score (nSPS) is 11.5. The van der Waals surface area contributed by atoms with Crippen molar-refractivity contribution < 1.29 is 9.47 Å². The molecular weight excluding hydrogens is 661 g/mol. The molecule has 0 radical (unpaired) electrons. The molecule has 0 saturated heterocycles. The van der Waals surface area contributed by atoms with E-state index in [-0.39, 0.29) is 0 Å². The molecule has 0 amide bonds. The molecule has 0 unspecified atom stereocenters. The highest BCUT2D eigenvalue weighted by Gasteiger charge is 2.18. The summed E-state index contributed by atoms with van der Waals surface area (Å²) >= 11 is 0. The molecule has 54 heavy (non-hydrogen) atoms. The van der Waals surface area contributed by atoms with E-state index in [9.17, 15) is 0 Å². The second kappa shape index (κ2) is 12.9. The van der Waals surface area contributed by atoms with Crippen molar-refractivity contribution in [3.63, 3.8) is 0 Å². The molecule has 0 spiro atoms. The van der Waals surface area contributed by atoms with Crippen LogP contribution in [0, 0.1) is 0 Å². The summed E-state index contributed by atoms with van der Waals surface area (Å²) in [6.07, 6.45) is 0. The summed E-state index contributed by atoms with van der Waals surface area (Å²) in [6, 6.07) is 64.9. The molecular formula is C50H36N2O2. The van der Waals surface area contributed by atoms with Crippen LogP contribution in [0.3, 0.4) is 0 Å². The fourth-order valence-corrected chi connectivity index (χ4v) is 8.21. The summed E-state index contributed by atoms with van der Waals surface area (Å²) in [5, 5.41) is 4.89. The monoisotopic (exact) mass is 696 g/mol. The highest BCUT2D eigenvalue weighted by molar-refractivity contribution is 6.11. The molecule has 258 valence electrons. The predicted molar refractivity (Wildman–Crippen MR) is 225 cm³/mol. The Kier molecular flexibility index (Phi) is 7.55. The average molecular weight is 697 g/mol. The quantitative estimate of drug-likeness (QED) is 0.166. The van der Waals surface area contributed by atoms with Crippen LogP contribution in [0.1, 0.15) is 0 Å². The Morgan fingerprint density at radius 3 is 1.09 bits per heavy atom. The molecule has 10 aromatic rings. The van der Waals surface area contributed by atoms with Gasteiger partial charge in [0.1, 0.15) is 11.5 Å². The zero-order valence-electron chi connectivity index (χ0n) is 30.0. The lowest BCUT2D eigenvalue weighted by Crippen LogP contribution is -1.94. The topological polar surface area (TPSA) is 28.3 Å². The van der Waals surface area contributed by atoms with Gasteiger partial charge in [-0.2, -0.15) is 0 Å². The highest BCUT2D eigenvalue weighted by atomic mass is 16.5. The summed E-state index contributed by atoms with van der Waals surface area (Å²) in [6.45, 7) is 0. The molecule has 0 aliphatic carbocycles. The number of benzene rings is 8. The van der Waals surface area contributed by atoms with Crippen LogP contribution in [0.5, 0.6) is 11.5 Å². The van der Waals surface area contributed by atoms with Gasteiger partial charge >= 0.3 is 0 Å². The van der Waals surface area contributed by atoms with Crippen molar-refractivity contribution in [2.24, 2.45) is 0 Å². The Morgan fingerprint density at radius 2 is 0.667 bits per heavy atom. The summed E-state index contributed by atoms with van der Waals surface area (Å²) in [5.41, 5.74) is 13.5. The van der Waals surface area contributed by atoms with E-state index in [4.69, 9.17) is 9.47 Å². The summed E-state index contributed by atoms with van der Waals surface area (Å²) in [7, 11) is 3.46. The lowest BCUT2D eigenvalue weighted by Gasteiger charge is -2.16. The lowest BCUT2D eigenvalue weighted by molar-refractivity contribution is 0.410. The molecule has 0 atom stereocenters. The molecule has 8 aromatic carbocycles. The van der Waals surface area contributed by atoms with Crippen LogP contribution in [0.25, 0.3) is 88.4 Å². The predicted octanol–water partition coefficient (Wildman–Crippen LogP) is 12.9. The summed E-state index contributed by atoms with van der Waals surface area (Å²) in [4.78, 5) is 0. The van der Waals surface area contributed by atoms with E-state index in [1.54, 1.807) is 14.2 Å². The molecule has 0 bridgehead atoms. The molecule has 0 saturated carbocycles. The lowest BCUT2D eigenvalue weighted by atomic mass is 9.94. The van der Waals surface area contributed by atoms with E-state index in [2.05, 4.69) is 191 Å². The maximum absolute atomic E-state index is 6.00. The average Bonchev–Trinajstić information content (AvgIpc) is 3.76. The van der Waals surface area contributed by atoms with E-state index in [1.807, 2.05) is 0 Å². The maximum atomic E-state index is 6.00. The van der Waals surface area contributed by atoms with Crippen molar-refractivity contribution in [1.29, 1.82) is 0 Å². The molecule has 0 aliphatic rings. The Bertz CT molecular complexity index is 2800. The number of fused-ring (bicyclic) bond motifs is 6. The number of hydrogen-bond acceptors (Lipinski definition) is 2. The Balaban J connectivity index is 1.10. The third kappa shape index (κ3) is 5.07. The van der Waals surface area contributed by atoms with Gasteiger partial charge in [0.05, 0.1) is 36.3 Å². The second-order valence-electron chi connectivity index (χ2n) is 13.7. The SMILES string of the molecule is COc1ccc(-c2ccc3c(c2)c2ccccc2n3-c2ccccc2)cc1-c1cc(-c2ccc3c(c2)c2ccccc2n3-c2ccccc2)ccc1OC. The number of ether oxygens (including phenoxy) is 2. The fraction of sp³-hybridized carbons (Fsp3) is 0.0400. The van der Waals surface area contributed by atoms with Gasteiger partial charge in [-0.1, -0.05) is 97.1 Å².